The Morgan fingerprint density at radius 1 is 0.964 bits per heavy atom. The van der Waals surface area contributed by atoms with Gasteiger partial charge in [0, 0.05) is 45.0 Å². The molecule has 1 aliphatic carbocycles. The Bertz CT molecular complexity index is 748. The number of nitrogens with one attached hydrogen (secondary N) is 1. The summed E-state index contributed by atoms with van der Waals surface area (Å²) in [5, 5.41) is 2.98. The van der Waals surface area contributed by atoms with Crippen LogP contribution >= 0.6 is 0 Å². The molecule has 2 fully saturated rings. The highest BCUT2D eigenvalue weighted by atomic mass is 16.1. The molecule has 1 aromatic carbocycles. The predicted octanol–water partition coefficient (Wildman–Crippen LogP) is 3.01. The maximum Gasteiger partial charge on any atom is 0.224 e. The highest BCUT2D eigenvalue weighted by Gasteiger charge is 2.26. The molecule has 1 saturated carbocycles. The molecule has 2 aliphatic rings. The molecular formula is C23H30N4O. The van der Waals surface area contributed by atoms with Gasteiger partial charge in [-0.05, 0) is 30.0 Å². The monoisotopic (exact) mass is 378 g/mol. The lowest BCUT2D eigenvalue weighted by molar-refractivity contribution is -0.120. The second-order valence-corrected chi connectivity index (χ2v) is 7.93. The lowest BCUT2D eigenvalue weighted by atomic mass is 10.1. The third kappa shape index (κ3) is 4.90. The SMILES string of the molecule is O=C(Cc1ccccc1)NCc1ccc(N2CCN(C3CCCC3)CC2)nc1. The zero-order valence-corrected chi connectivity index (χ0v) is 16.5. The second-order valence-electron chi connectivity index (χ2n) is 7.93. The van der Waals surface area contributed by atoms with Crippen LogP contribution in [0.3, 0.4) is 0 Å². The summed E-state index contributed by atoms with van der Waals surface area (Å²) in [5.41, 5.74) is 2.07. The van der Waals surface area contributed by atoms with Crippen molar-refractivity contribution >= 4 is 11.7 Å². The van der Waals surface area contributed by atoms with Gasteiger partial charge >= 0.3 is 0 Å². The topological polar surface area (TPSA) is 48.5 Å². The lowest BCUT2D eigenvalue weighted by Crippen LogP contribution is -2.50. The van der Waals surface area contributed by atoms with Gasteiger partial charge in [-0.1, -0.05) is 49.2 Å². The van der Waals surface area contributed by atoms with E-state index in [2.05, 4.69) is 32.2 Å². The Labute approximate surface area is 167 Å². The molecule has 5 nitrogen and oxygen atoms in total. The zero-order chi connectivity index (χ0) is 19.2. The van der Waals surface area contributed by atoms with Crippen molar-refractivity contribution in [2.75, 3.05) is 31.1 Å². The summed E-state index contributed by atoms with van der Waals surface area (Å²) in [4.78, 5) is 21.8. The maximum absolute atomic E-state index is 12.1. The highest BCUT2D eigenvalue weighted by molar-refractivity contribution is 5.78. The van der Waals surface area contributed by atoms with Gasteiger partial charge in [-0.25, -0.2) is 4.98 Å². The predicted molar refractivity (Wildman–Crippen MR) is 112 cm³/mol. The van der Waals surface area contributed by atoms with Gasteiger partial charge in [0.25, 0.3) is 0 Å². The van der Waals surface area contributed by atoms with Gasteiger partial charge in [-0.2, -0.15) is 0 Å². The summed E-state index contributed by atoms with van der Waals surface area (Å²) in [7, 11) is 0. The number of benzene rings is 1. The van der Waals surface area contributed by atoms with Crippen LogP contribution in [0, 0.1) is 0 Å². The van der Waals surface area contributed by atoms with E-state index in [1.807, 2.05) is 36.5 Å². The van der Waals surface area contributed by atoms with Crippen molar-refractivity contribution in [3.63, 3.8) is 0 Å². The number of nitrogens with zero attached hydrogens (tertiary/aromatic N) is 3. The number of carbonyl (C=O) groups is 1. The molecule has 0 atom stereocenters. The Balaban J connectivity index is 1.23. The number of amides is 1. The van der Waals surface area contributed by atoms with Crippen LogP contribution in [0.4, 0.5) is 5.82 Å². The number of pyridine rings is 1. The first-order chi connectivity index (χ1) is 13.8. The fraction of sp³-hybridized carbons (Fsp3) is 0.478. The van der Waals surface area contributed by atoms with Crippen molar-refractivity contribution < 1.29 is 4.79 Å². The quantitative estimate of drug-likeness (QED) is 0.840. The molecule has 1 amide bonds. The third-order valence-corrected chi connectivity index (χ3v) is 5.99. The van der Waals surface area contributed by atoms with Crippen LogP contribution in [-0.4, -0.2) is 48.0 Å². The first-order valence-electron chi connectivity index (χ1n) is 10.5. The fourth-order valence-electron chi connectivity index (χ4n) is 4.34. The summed E-state index contributed by atoms with van der Waals surface area (Å²) in [5.74, 6) is 1.09. The molecule has 148 valence electrons. The highest BCUT2D eigenvalue weighted by Crippen LogP contribution is 2.25. The number of piperazine rings is 1. The van der Waals surface area contributed by atoms with Crippen molar-refractivity contribution in [2.24, 2.45) is 0 Å². The van der Waals surface area contributed by atoms with Gasteiger partial charge in [-0.3, -0.25) is 9.69 Å². The van der Waals surface area contributed by atoms with Crippen molar-refractivity contribution in [3.05, 3.63) is 59.8 Å². The molecule has 1 aromatic heterocycles. The number of rotatable bonds is 6. The molecule has 1 N–H and O–H groups in total. The molecule has 28 heavy (non-hydrogen) atoms. The Morgan fingerprint density at radius 2 is 1.71 bits per heavy atom. The smallest absolute Gasteiger partial charge is 0.224 e. The van der Waals surface area contributed by atoms with Crippen molar-refractivity contribution in [3.8, 4) is 0 Å². The second kappa shape index (κ2) is 9.20. The van der Waals surface area contributed by atoms with Crippen LogP contribution in [-0.2, 0) is 17.8 Å². The zero-order valence-electron chi connectivity index (χ0n) is 16.5. The Hall–Kier alpha value is -2.40. The third-order valence-electron chi connectivity index (χ3n) is 5.99. The Kier molecular flexibility index (Phi) is 6.22. The number of hydrogen-bond acceptors (Lipinski definition) is 4. The fourth-order valence-corrected chi connectivity index (χ4v) is 4.34. The van der Waals surface area contributed by atoms with Gasteiger partial charge < -0.3 is 10.2 Å². The summed E-state index contributed by atoms with van der Waals surface area (Å²) in [6.07, 6.45) is 7.86. The van der Waals surface area contributed by atoms with E-state index in [1.165, 1.54) is 25.7 Å². The number of hydrogen-bond donors (Lipinski definition) is 1. The van der Waals surface area contributed by atoms with Gasteiger partial charge in [0.15, 0.2) is 0 Å². The van der Waals surface area contributed by atoms with Gasteiger partial charge in [-0.15, -0.1) is 0 Å². The van der Waals surface area contributed by atoms with Crippen LogP contribution in [0.25, 0.3) is 0 Å². The first-order valence-corrected chi connectivity index (χ1v) is 10.5. The summed E-state index contributed by atoms with van der Waals surface area (Å²) < 4.78 is 0. The number of carbonyl (C=O) groups excluding carboxylic acids is 1. The molecule has 1 aliphatic heterocycles. The van der Waals surface area contributed by atoms with E-state index in [1.54, 1.807) is 0 Å². The molecule has 0 unspecified atom stereocenters. The van der Waals surface area contributed by atoms with Crippen LogP contribution in [0.2, 0.25) is 0 Å². The molecule has 5 heteroatoms. The maximum atomic E-state index is 12.1. The van der Waals surface area contributed by atoms with Crippen molar-refractivity contribution in [1.82, 2.24) is 15.2 Å². The van der Waals surface area contributed by atoms with E-state index in [0.717, 1.165) is 49.2 Å². The van der Waals surface area contributed by atoms with E-state index in [-0.39, 0.29) is 5.91 Å². The largest absolute Gasteiger partial charge is 0.354 e. The average molecular weight is 379 g/mol. The van der Waals surface area contributed by atoms with Crippen LogP contribution in [0.15, 0.2) is 48.7 Å². The molecular weight excluding hydrogens is 348 g/mol. The minimum absolute atomic E-state index is 0.0401. The molecule has 4 rings (SSSR count). The average Bonchev–Trinajstić information content (AvgIpc) is 3.29. The van der Waals surface area contributed by atoms with Crippen LogP contribution < -0.4 is 10.2 Å². The van der Waals surface area contributed by atoms with E-state index in [4.69, 9.17) is 0 Å². The van der Waals surface area contributed by atoms with E-state index >= 15 is 0 Å². The summed E-state index contributed by atoms with van der Waals surface area (Å²) in [6, 6.07) is 14.8. The normalized spacial score (nSPS) is 18.4. The van der Waals surface area contributed by atoms with Crippen LogP contribution in [0.1, 0.15) is 36.8 Å². The summed E-state index contributed by atoms with van der Waals surface area (Å²) >= 11 is 0. The molecule has 0 bridgehead atoms. The molecule has 2 heterocycles. The number of anilines is 1. The Morgan fingerprint density at radius 3 is 2.39 bits per heavy atom. The van der Waals surface area contributed by atoms with Crippen molar-refractivity contribution in [2.45, 2.75) is 44.7 Å². The van der Waals surface area contributed by atoms with Gasteiger partial charge in [0.2, 0.25) is 5.91 Å². The number of aromatic nitrogens is 1. The molecule has 0 spiro atoms. The van der Waals surface area contributed by atoms with Gasteiger partial charge in [0.05, 0.1) is 6.42 Å². The van der Waals surface area contributed by atoms with E-state index in [0.29, 0.717) is 13.0 Å². The van der Waals surface area contributed by atoms with E-state index in [9.17, 15) is 4.79 Å². The van der Waals surface area contributed by atoms with Gasteiger partial charge in [0.1, 0.15) is 5.82 Å². The minimum Gasteiger partial charge on any atom is -0.354 e. The first kappa shape index (κ1) is 18.9. The minimum atomic E-state index is 0.0401. The lowest BCUT2D eigenvalue weighted by Gasteiger charge is -2.38. The van der Waals surface area contributed by atoms with Crippen molar-refractivity contribution in [1.29, 1.82) is 0 Å². The van der Waals surface area contributed by atoms with Crippen LogP contribution in [0.5, 0.6) is 0 Å². The molecule has 2 aromatic rings. The van der Waals surface area contributed by atoms with E-state index < -0.39 is 0 Å². The standard InChI is InChI=1S/C23H30N4O/c28-23(16-19-6-2-1-3-7-19)25-18-20-10-11-22(24-17-20)27-14-12-26(13-15-27)21-8-4-5-9-21/h1-3,6-7,10-11,17,21H,4-5,8-9,12-16,18H2,(H,25,28). The molecule has 0 radical (unpaired) electrons. The summed E-state index contributed by atoms with van der Waals surface area (Å²) in [6.45, 7) is 4.91. The molecule has 1 saturated heterocycles.